The maximum atomic E-state index is 12.3. The molecule has 6 nitrogen and oxygen atoms in total. The fraction of sp³-hybridized carbons (Fsp3) is 0.556. The van der Waals surface area contributed by atoms with Crippen LogP contribution in [0.1, 0.15) is 19.3 Å². The van der Waals surface area contributed by atoms with Gasteiger partial charge in [0.05, 0.1) is 24.0 Å². The van der Waals surface area contributed by atoms with Gasteiger partial charge in [0, 0.05) is 32.0 Å². The number of aromatic nitrogens is 2. The molecule has 26 heavy (non-hydrogen) atoms. The molecular weight excluding hydrogens is 375 g/mol. The minimum Gasteiger partial charge on any atom is -0.384 e. The van der Waals surface area contributed by atoms with Crippen molar-refractivity contribution >= 4 is 41.8 Å². The first-order chi connectivity index (χ1) is 11.7. The predicted molar refractivity (Wildman–Crippen MR) is 108 cm³/mol. The van der Waals surface area contributed by atoms with Crippen LogP contribution in [0, 0.1) is 5.41 Å². The Hall–Kier alpha value is -1.34. The molecule has 0 saturated carbocycles. The van der Waals surface area contributed by atoms with Crippen LogP contribution < -0.4 is 10.6 Å². The minimum absolute atomic E-state index is 0. The number of hydrogen-bond donors (Lipinski definition) is 2. The molecule has 2 aromatic rings. The van der Waals surface area contributed by atoms with Crippen molar-refractivity contribution in [3.8, 4) is 0 Å². The topological polar surface area (TPSA) is 68.2 Å². The van der Waals surface area contributed by atoms with E-state index in [1.807, 2.05) is 28.8 Å². The molecule has 0 aliphatic carbocycles. The molecule has 1 aromatic carbocycles. The van der Waals surface area contributed by atoms with Crippen molar-refractivity contribution in [2.45, 2.75) is 25.8 Å². The molecule has 8 heteroatoms. The van der Waals surface area contributed by atoms with Gasteiger partial charge in [-0.25, -0.2) is 4.98 Å². The summed E-state index contributed by atoms with van der Waals surface area (Å²) in [6, 6.07) is 7.98. The number of fused-ring (bicyclic) bond motifs is 1. The SMILES string of the molecule is COCC1(CNC(=O)CCn2cnc3ccccc32)CCNCC1.Cl.Cl. The first-order valence-corrected chi connectivity index (χ1v) is 8.59. The van der Waals surface area contributed by atoms with Crippen LogP contribution in [0.4, 0.5) is 0 Å². The molecule has 2 N–H and O–H groups in total. The Kier molecular flexibility index (Phi) is 9.36. The van der Waals surface area contributed by atoms with Crippen LogP contribution in [0.5, 0.6) is 0 Å². The second-order valence-electron chi connectivity index (χ2n) is 6.64. The van der Waals surface area contributed by atoms with Crippen molar-refractivity contribution in [1.82, 2.24) is 20.2 Å². The highest BCUT2D eigenvalue weighted by Crippen LogP contribution is 2.28. The lowest BCUT2D eigenvalue weighted by Crippen LogP contribution is -2.47. The van der Waals surface area contributed by atoms with E-state index in [4.69, 9.17) is 4.74 Å². The number of nitrogens with one attached hydrogen (secondary N) is 2. The molecule has 0 unspecified atom stereocenters. The number of aryl methyl sites for hydroxylation is 1. The van der Waals surface area contributed by atoms with E-state index < -0.39 is 0 Å². The number of para-hydroxylation sites is 2. The molecule has 0 bridgehead atoms. The lowest BCUT2D eigenvalue weighted by atomic mass is 9.79. The summed E-state index contributed by atoms with van der Waals surface area (Å²) in [6.45, 7) is 4.00. The van der Waals surface area contributed by atoms with Crippen LogP contribution in [-0.2, 0) is 16.1 Å². The number of halogens is 2. The number of nitrogens with zero attached hydrogens (tertiary/aromatic N) is 2. The second kappa shape index (κ2) is 10.7. The number of amides is 1. The zero-order chi connectivity index (χ0) is 16.8. The Balaban J connectivity index is 0.00000169. The highest BCUT2D eigenvalue weighted by molar-refractivity contribution is 5.85. The van der Waals surface area contributed by atoms with Gasteiger partial charge in [0.2, 0.25) is 5.91 Å². The Labute approximate surface area is 166 Å². The van der Waals surface area contributed by atoms with Gasteiger partial charge in [-0.15, -0.1) is 24.8 Å². The third kappa shape index (κ3) is 5.58. The van der Waals surface area contributed by atoms with E-state index in [9.17, 15) is 4.79 Å². The Morgan fingerprint density at radius 3 is 2.77 bits per heavy atom. The van der Waals surface area contributed by atoms with Crippen LogP contribution in [0.2, 0.25) is 0 Å². The zero-order valence-corrected chi connectivity index (χ0v) is 16.7. The molecule has 1 amide bonds. The van der Waals surface area contributed by atoms with Crippen molar-refractivity contribution in [3.05, 3.63) is 30.6 Å². The van der Waals surface area contributed by atoms with Crippen LogP contribution in [-0.4, -0.2) is 48.8 Å². The highest BCUT2D eigenvalue weighted by Gasteiger charge is 2.32. The summed E-state index contributed by atoms with van der Waals surface area (Å²) >= 11 is 0. The lowest BCUT2D eigenvalue weighted by Gasteiger charge is -2.37. The van der Waals surface area contributed by atoms with E-state index in [0.29, 0.717) is 26.1 Å². The average Bonchev–Trinajstić information content (AvgIpc) is 3.03. The number of methoxy groups -OCH3 is 1. The first-order valence-electron chi connectivity index (χ1n) is 8.59. The van der Waals surface area contributed by atoms with Crippen molar-refractivity contribution in [2.75, 3.05) is 33.4 Å². The van der Waals surface area contributed by atoms with Gasteiger partial charge in [-0.1, -0.05) is 12.1 Å². The van der Waals surface area contributed by atoms with Crippen molar-refractivity contribution in [2.24, 2.45) is 5.41 Å². The molecule has 3 rings (SSSR count). The number of rotatable bonds is 7. The number of carbonyl (C=O) groups is 1. The monoisotopic (exact) mass is 402 g/mol. The van der Waals surface area contributed by atoms with E-state index >= 15 is 0 Å². The standard InChI is InChI=1S/C18H26N4O2.2ClH/c1-24-13-18(7-9-19-10-8-18)12-20-17(23)6-11-22-14-21-15-4-2-3-5-16(15)22;;/h2-5,14,19H,6-13H2,1H3,(H,20,23);2*1H. The molecule has 146 valence electrons. The Morgan fingerprint density at radius 1 is 1.31 bits per heavy atom. The van der Waals surface area contributed by atoms with Gasteiger partial charge in [-0.05, 0) is 38.1 Å². The van der Waals surface area contributed by atoms with Crippen LogP contribution in [0.3, 0.4) is 0 Å². The predicted octanol–water partition coefficient (Wildman–Crippen LogP) is 2.40. The van der Waals surface area contributed by atoms with E-state index in [2.05, 4.69) is 15.6 Å². The zero-order valence-electron chi connectivity index (χ0n) is 15.1. The van der Waals surface area contributed by atoms with Crippen LogP contribution in [0.15, 0.2) is 30.6 Å². The summed E-state index contributed by atoms with van der Waals surface area (Å²) in [4.78, 5) is 16.6. The third-order valence-electron chi connectivity index (χ3n) is 4.88. The normalized spacial score (nSPS) is 15.7. The lowest BCUT2D eigenvalue weighted by molar-refractivity contribution is -0.122. The molecule has 0 spiro atoms. The van der Waals surface area contributed by atoms with Crippen LogP contribution in [0.25, 0.3) is 11.0 Å². The Morgan fingerprint density at radius 2 is 2.04 bits per heavy atom. The molecule has 0 radical (unpaired) electrons. The molecule has 1 saturated heterocycles. The summed E-state index contributed by atoms with van der Waals surface area (Å²) in [6.07, 6.45) is 4.33. The van der Waals surface area contributed by atoms with Gasteiger partial charge < -0.3 is 19.9 Å². The fourth-order valence-electron chi connectivity index (χ4n) is 3.42. The van der Waals surface area contributed by atoms with Gasteiger partial charge in [0.1, 0.15) is 0 Å². The van der Waals surface area contributed by atoms with Crippen molar-refractivity contribution < 1.29 is 9.53 Å². The summed E-state index contributed by atoms with van der Waals surface area (Å²) in [7, 11) is 1.73. The van der Waals surface area contributed by atoms with E-state index in [0.717, 1.165) is 37.0 Å². The van der Waals surface area contributed by atoms with Gasteiger partial charge in [0.15, 0.2) is 0 Å². The summed E-state index contributed by atoms with van der Waals surface area (Å²) < 4.78 is 7.42. The molecule has 1 aliphatic heterocycles. The number of imidazole rings is 1. The molecule has 0 atom stereocenters. The number of carbonyl (C=O) groups excluding carboxylic acids is 1. The van der Waals surface area contributed by atoms with E-state index in [1.165, 1.54) is 0 Å². The number of hydrogen-bond acceptors (Lipinski definition) is 4. The highest BCUT2D eigenvalue weighted by atomic mass is 35.5. The van der Waals surface area contributed by atoms with Crippen molar-refractivity contribution in [3.63, 3.8) is 0 Å². The Bertz CT molecular complexity index is 681. The molecular formula is C18H28Cl2N4O2. The van der Waals surface area contributed by atoms with Gasteiger partial charge in [0.25, 0.3) is 0 Å². The van der Waals surface area contributed by atoms with E-state index in [-0.39, 0.29) is 36.1 Å². The quantitative estimate of drug-likeness (QED) is 0.745. The maximum absolute atomic E-state index is 12.3. The van der Waals surface area contributed by atoms with Crippen molar-refractivity contribution in [1.29, 1.82) is 0 Å². The maximum Gasteiger partial charge on any atom is 0.221 e. The van der Waals surface area contributed by atoms with Gasteiger partial charge >= 0.3 is 0 Å². The minimum atomic E-state index is 0. The third-order valence-corrected chi connectivity index (χ3v) is 4.88. The average molecular weight is 403 g/mol. The van der Waals surface area contributed by atoms with Gasteiger partial charge in [-0.3, -0.25) is 4.79 Å². The number of benzene rings is 1. The fourth-order valence-corrected chi connectivity index (χ4v) is 3.42. The number of piperidine rings is 1. The molecule has 1 aromatic heterocycles. The molecule has 1 aliphatic rings. The van der Waals surface area contributed by atoms with Crippen LogP contribution >= 0.6 is 24.8 Å². The van der Waals surface area contributed by atoms with E-state index in [1.54, 1.807) is 13.4 Å². The first kappa shape index (κ1) is 22.7. The molecule has 2 heterocycles. The smallest absolute Gasteiger partial charge is 0.221 e. The molecule has 1 fully saturated rings. The second-order valence-corrected chi connectivity index (χ2v) is 6.64. The largest absolute Gasteiger partial charge is 0.384 e. The summed E-state index contributed by atoms with van der Waals surface area (Å²) in [5.41, 5.74) is 2.10. The van der Waals surface area contributed by atoms with Gasteiger partial charge in [-0.2, -0.15) is 0 Å². The number of ether oxygens (including phenoxy) is 1. The summed E-state index contributed by atoms with van der Waals surface area (Å²) in [5, 5.41) is 6.48. The summed E-state index contributed by atoms with van der Waals surface area (Å²) in [5.74, 6) is 0.0850.